The van der Waals surface area contributed by atoms with Gasteiger partial charge in [0.1, 0.15) is 18.1 Å². The summed E-state index contributed by atoms with van der Waals surface area (Å²) in [6.07, 6.45) is 0. The van der Waals surface area contributed by atoms with Crippen LogP contribution in [0.3, 0.4) is 0 Å². The van der Waals surface area contributed by atoms with Gasteiger partial charge in [-0.1, -0.05) is 29.8 Å². The largest absolute Gasteiger partial charge is 0.482 e. The van der Waals surface area contributed by atoms with E-state index in [0.29, 0.717) is 16.5 Å². The first-order chi connectivity index (χ1) is 14.0. The lowest BCUT2D eigenvalue weighted by Crippen LogP contribution is -2.45. The van der Waals surface area contributed by atoms with Crippen LogP contribution in [0.2, 0.25) is 5.02 Å². The summed E-state index contributed by atoms with van der Waals surface area (Å²) in [6, 6.07) is 14.2. The SMILES string of the molecule is O=C(CN1C(=O)COc2ccc(Cl)cc21)N[C@H](c1ccc(F)cc1)c1cccs1. The van der Waals surface area contributed by atoms with E-state index >= 15 is 0 Å². The van der Waals surface area contributed by atoms with Crippen molar-refractivity contribution in [1.82, 2.24) is 5.32 Å². The second-order valence-corrected chi connectivity index (χ2v) is 7.86. The van der Waals surface area contributed by atoms with Gasteiger partial charge < -0.3 is 10.1 Å². The van der Waals surface area contributed by atoms with Crippen LogP contribution < -0.4 is 15.0 Å². The van der Waals surface area contributed by atoms with Crippen LogP contribution in [-0.2, 0) is 9.59 Å². The smallest absolute Gasteiger partial charge is 0.265 e. The Balaban J connectivity index is 1.57. The molecule has 0 radical (unpaired) electrons. The number of rotatable bonds is 5. The molecule has 8 heteroatoms. The highest BCUT2D eigenvalue weighted by Gasteiger charge is 2.28. The minimum atomic E-state index is -0.446. The van der Waals surface area contributed by atoms with E-state index in [-0.39, 0.29) is 30.8 Å². The molecule has 148 valence electrons. The summed E-state index contributed by atoms with van der Waals surface area (Å²) in [5, 5.41) is 5.29. The molecule has 2 amide bonds. The molecule has 0 fully saturated rings. The van der Waals surface area contributed by atoms with Gasteiger partial charge in [0.2, 0.25) is 5.91 Å². The van der Waals surface area contributed by atoms with Crippen molar-refractivity contribution in [3.8, 4) is 5.75 Å². The molecule has 0 saturated carbocycles. The Morgan fingerprint density at radius 3 is 2.76 bits per heavy atom. The zero-order chi connectivity index (χ0) is 20.4. The molecular formula is C21H16ClFN2O3S. The van der Waals surface area contributed by atoms with Gasteiger partial charge in [-0.2, -0.15) is 0 Å². The van der Waals surface area contributed by atoms with E-state index in [4.69, 9.17) is 16.3 Å². The van der Waals surface area contributed by atoms with Crippen molar-refractivity contribution in [1.29, 1.82) is 0 Å². The predicted octanol–water partition coefficient (Wildman–Crippen LogP) is 4.17. The highest BCUT2D eigenvalue weighted by atomic mass is 35.5. The molecule has 0 spiro atoms. The summed E-state index contributed by atoms with van der Waals surface area (Å²) < 4.78 is 18.7. The maximum atomic E-state index is 13.3. The molecule has 3 aromatic rings. The number of amides is 2. The maximum Gasteiger partial charge on any atom is 0.265 e. The third kappa shape index (κ3) is 4.26. The zero-order valence-corrected chi connectivity index (χ0v) is 16.7. The molecule has 1 N–H and O–H groups in total. The van der Waals surface area contributed by atoms with E-state index in [0.717, 1.165) is 10.4 Å². The number of fused-ring (bicyclic) bond motifs is 1. The number of anilines is 1. The van der Waals surface area contributed by atoms with Crippen LogP contribution in [0, 0.1) is 5.82 Å². The topological polar surface area (TPSA) is 58.6 Å². The van der Waals surface area contributed by atoms with Gasteiger partial charge in [-0.3, -0.25) is 14.5 Å². The summed E-state index contributed by atoms with van der Waals surface area (Å²) >= 11 is 7.53. The highest BCUT2D eigenvalue weighted by Crippen LogP contribution is 2.34. The molecule has 0 unspecified atom stereocenters. The molecule has 5 nitrogen and oxygen atoms in total. The normalized spacial score (nSPS) is 14.1. The lowest BCUT2D eigenvalue weighted by atomic mass is 10.1. The molecule has 0 saturated heterocycles. The van der Waals surface area contributed by atoms with Gasteiger partial charge in [0.15, 0.2) is 6.61 Å². The molecule has 1 aromatic heterocycles. The maximum absolute atomic E-state index is 13.3. The van der Waals surface area contributed by atoms with Crippen molar-refractivity contribution in [2.45, 2.75) is 6.04 Å². The number of hydrogen-bond donors (Lipinski definition) is 1. The number of benzene rings is 2. The fourth-order valence-corrected chi connectivity index (χ4v) is 4.10. The van der Waals surface area contributed by atoms with Crippen LogP contribution >= 0.6 is 22.9 Å². The van der Waals surface area contributed by atoms with Gasteiger partial charge in [-0.25, -0.2) is 4.39 Å². The van der Waals surface area contributed by atoms with Crippen molar-refractivity contribution in [2.75, 3.05) is 18.1 Å². The first-order valence-electron chi connectivity index (χ1n) is 8.82. The molecule has 4 rings (SSSR count). The standard InChI is InChI=1S/C21H16ClFN2O3S/c22-14-5-8-17-16(10-14)25(20(27)12-28-17)11-19(26)24-21(18-2-1-9-29-18)13-3-6-15(23)7-4-13/h1-10,21H,11-12H2,(H,24,26)/t21-/m1/s1. The number of hydrogen-bond acceptors (Lipinski definition) is 4. The molecule has 0 aliphatic carbocycles. The summed E-state index contributed by atoms with van der Waals surface area (Å²) in [7, 11) is 0. The van der Waals surface area contributed by atoms with Crippen LogP contribution in [0.25, 0.3) is 0 Å². The summed E-state index contributed by atoms with van der Waals surface area (Å²) in [5.41, 5.74) is 1.21. The van der Waals surface area contributed by atoms with E-state index in [2.05, 4.69) is 5.32 Å². The Bertz CT molecular complexity index is 1040. The summed E-state index contributed by atoms with van der Waals surface area (Å²) in [6.45, 7) is -0.327. The fraction of sp³-hybridized carbons (Fsp3) is 0.143. The van der Waals surface area contributed by atoms with Crippen LogP contribution in [0.1, 0.15) is 16.5 Å². The molecule has 1 atom stereocenters. The summed E-state index contributed by atoms with van der Waals surface area (Å²) in [4.78, 5) is 27.5. The highest BCUT2D eigenvalue weighted by molar-refractivity contribution is 7.10. The number of halogens is 2. The van der Waals surface area contributed by atoms with E-state index in [9.17, 15) is 14.0 Å². The Kier molecular flexibility index (Phi) is 5.51. The Labute approximate surface area is 175 Å². The molecule has 2 heterocycles. The number of ether oxygens (including phenoxy) is 1. The number of carbonyl (C=O) groups excluding carboxylic acids is 2. The first-order valence-corrected chi connectivity index (χ1v) is 10.1. The van der Waals surface area contributed by atoms with Gasteiger partial charge in [-0.05, 0) is 47.3 Å². The molecule has 0 bridgehead atoms. The minimum absolute atomic E-state index is 0.145. The van der Waals surface area contributed by atoms with Crippen molar-refractivity contribution in [2.24, 2.45) is 0 Å². The van der Waals surface area contributed by atoms with Gasteiger partial charge in [-0.15, -0.1) is 11.3 Å². The quantitative estimate of drug-likeness (QED) is 0.660. The van der Waals surface area contributed by atoms with Crippen molar-refractivity contribution in [3.63, 3.8) is 0 Å². The second kappa shape index (κ2) is 8.23. The predicted molar refractivity (Wildman–Crippen MR) is 110 cm³/mol. The fourth-order valence-electron chi connectivity index (χ4n) is 3.13. The lowest BCUT2D eigenvalue weighted by Gasteiger charge is -2.29. The average molecular weight is 431 g/mol. The number of carbonyl (C=O) groups is 2. The summed E-state index contributed by atoms with van der Waals surface area (Å²) in [5.74, 6) is -0.536. The van der Waals surface area contributed by atoms with E-state index in [1.54, 1.807) is 30.3 Å². The van der Waals surface area contributed by atoms with Crippen LogP contribution in [0.4, 0.5) is 10.1 Å². The van der Waals surface area contributed by atoms with Crippen LogP contribution in [0.15, 0.2) is 60.0 Å². The average Bonchev–Trinajstić information content (AvgIpc) is 3.24. The second-order valence-electron chi connectivity index (χ2n) is 6.45. The Morgan fingerprint density at radius 2 is 2.03 bits per heavy atom. The molecule has 29 heavy (non-hydrogen) atoms. The molecule has 1 aliphatic rings. The third-order valence-electron chi connectivity index (χ3n) is 4.50. The van der Waals surface area contributed by atoms with E-state index in [1.807, 2.05) is 17.5 Å². The number of nitrogens with zero attached hydrogens (tertiary/aromatic N) is 1. The van der Waals surface area contributed by atoms with Gasteiger partial charge in [0.25, 0.3) is 5.91 Å². The zero-order valence-electron chi connectivity index (χ0n) is 15.1. The van der Waals surface area contributed by atoms with Crippen LogP contribution in [-0.4, -0.2) is 25.0 Å². The van der Waals surface area contributed by atoms with Gasteiger partial charge in [0, 0.05) is 9.90 Å². The monoisotopic (exact) mass is 430 g/mol. The Morgan fingerprint density at radius 1 is 1.24 bits per heavy atom. The van der Waals surface area contributed by atoms with Crippen LogP contribution in [0.5, 0.6) is 5.75 Å². The molecule has 1 aliphatic heterocycles. The minimum Gasteiger partial charge on any atom is -0.482 e. The number of thiophene rings is 1. The van der Waals surface area contributed by atoms with Crippen molar-refractivity contribution >= 4 is 40.4 Å². The van der Waals surface area contributed by atoms with Crippen molar-refractivity contribution in [3.05, 3.63) is 81.3 Å². The first kappa shape index (κ1) is 19.4. The van der Waals surface area contributed by atoms with Crippen molar-refractivity contribution < 1.29 is 18.7 Å². The van der Waals surface area contributed by atoms with E-state index in [1.165, 1.54) is 28.4 Å². The lowest BCUT2D eigenvalue weighted by molar-refractivity contribution is -0.125. The van der Waals surface area contributed by atoms with E-state index < -0.39 is 6.04 Å². The Hall–Kier alpha value is -2.90. The molecular weight excluding hydrogens is 415 g/mol. The van der Waals surface area contributed by atoms with Gasteiger partial charge >= 0.3 is 0 Å². The molecule has 2 aromatic carbocycles. The third-order valence-corrected chi connectivity index (χ3v) is 5.67. The van der Waals surface area contributed by atoms with Gasteiger partial charge in [0.05, 0.1) is 11.7 Å². The number of nitrogens with one attached hydrogen (secondary N) is 1.